The zero-order valence-electron chi connectivity index (χ0n) is 14.8. The fourth-order valence-electron chi connectivity index (χ4n) is 2.94. The molecule has 2 heterocycles. The van der Waals surface area contributed by atoms with E-state index < -0.39 is 5.97 Å². The number of carbonyl (C=O) groups is 2. The van der Waals surface area contributed by atoms with E-state index in [1.807, 2.05) is 4.90 Å². The lowest BCUT2D eigenvalue weighted by molar-refractivity contribution is -0.129. The van der Waals surface area contributed by atoms with Crippen molar-refractivity contribution in [2.24, 2.45) is 0 Å². The lowest BCUT2D eigenvalue weighted by Gasteiger charge is -2.35. The largest absolute Gasteiger partial charge is 0.478 e. The first-order chi connectivity index (χ1) is 12.4. The van der Waals surface area contributed by atoms with Crippen LogP contribution < -0.4 is 10.2 Å². The maximum absolute atomic E-state index is 11.5. The van der Waals surface area contributed by atoms with Crippen molar-refractivity contribution in [1.29, 1.82) is 0 Å². The van der Waals surface area contributed by atoms with E-state index in [4.69, 9.17) is 0 Å². The summed E-state index contributed by atoms with van der Waals surface area (Å²) in [6, 6.07) is 8.49. The molecule has 1 fully saturated rings. The highest BCUT2D eigenvalue weighted by molar-refractivity contribution is 5.95. The van der Waals surface area contributed by atoms with Gasteiger partial charge in [0.05, 0.1) is 11.3 Å². The van der Waals surface area contributed by atoms with Crippen LogP contribution >= 0.6 is 0 Å². The summed E-state index contributed by atoms with van der Waals surface area (Å²) in [6.07, 6.45) is 0. The van der Waals surface area contributed by atoms with E-state index in [-0.39, 0.29) is 11.5 Å². The first-order valence-corrected chi connectivity index (χ1v) is 8.39. The van der Waals surface area contributed by atoms with Gasteiger partial charge >= 0.3 is 5.97 Å². The van der Waals surface area contributed by atoms with Gasteiger partial charge in [-0.25, -0.2) is 14.8 Å². The molecule has 0 bridgehead atoms. The standard InChI is InChI=1S/C18H21N5O3/c1-12-19-16(21-15-6-4-3-5-14(15)18(25)26)11-17(20-12)23-9-7-22(8-10-23)13(2)24/h3-6,11H,7-10H2,1-2H3,(H,25,26)(H,19,20,21). The number of carboxylic acids is 1. The Kier molecular flexibility index (Phi) is 5.01. The van der Waals surface area contributed by atoms with Crippen LogP contribution in [0.5, 0.6) is 0 Å². The molecule has 0 saturated carbocycles. The van der Waals surface area contributed by atoms with Crippen LogP contribution in [-0.2, 0) is 4.79 Å². The summed E-state index contributed by atoms with van der Waals surface area (Å²) < 4.78 is 0. The van der Waals surface area contributed by atoms with Crippen molar-refractivity contribution < 1.29 is 14.7 Å². The highest BCUT2D eigenvalue weighted by atomic mass is 16.4. The van der Waals surface area contributed by atoms with E-state index in [0.717, 1.165) is 5.82 Å². The number of rotatable bonds is 4. The quantitative estimate of drug-likeness (QED) is 0.864. The highest BCUT2D eigenvalue weighted by Crippen LogP contribution is 2.23. The van der Waals surface area contributed by atoms with Gasteiger partial charge in [0, 0.05) is 39.2 Å². The molecule has 3 rings (SSSR count). The van der Waals surface area contributed by atoms with Crippen LogP contribution in [0.1, 0.15) is 23.1 Å². The molecule has 2 N–H and O–H groups in total. The summed E-state index contributed by atoms with van der Waals surface area (Å²) in [7, 11) is 0. The molecule has 26 heavy (non-hydrogen) atoms. The number of anilines is 3. The molecule has 1 aliphatic rings. The van der Waals surface area contributed by atoms with Gasteiger partial charge < -0.3 is 20.2 Å². The second-order valence-electron chi connectivity index (χ2n) is 6.13. The predicted octanol–water partition coefficient (Wildman–Crippen LogP) is 1.90. The van der Waals surface area contributed by atoms with E-state index in [0.29, 0.717) is 43.5 Å². The molecule has 0 aliphatic carbocycles. The van der Waals surface area contributed by atoms with Crippen molar-refractivity contribution in [3.8, 4) is 0 Å². The molecule has 8 nitrogen and oxygen atoms in total. The van der Waals surface area contributed by atoms with Gasteiger partial charge in [-0.2, -0.15) is 0 Å². The van der Waals surface area contributed by atoms with Crippen molar-refractivity contribution in [1.82, 2.24) is 14.9 Å². The van der Waals surface area contributed by atoms with Crippen molar-refractivity contribution in [2.45, 2.75) is 13.8 Å². The molecule has 1 aromatic carbocycles. The summed E-state index contributed by atoms with van der Waals surface area (Å²) in [5.74, 6) is 0.966. The van der Waals surface area contributed by atoms with E-state index >= 15 is 0 Å². The number of para-hydroxylation sites is 1. The number of hydrogen-bond donors (Lipinski definition) is 2. The molecule has 1 amide bonds. The Labute approximate surface area is 151 Å². The topological polar surface area (TPSA) is 98.7 Å². The van der Waals surface area contributed by atoms with Crippen LogP contribution in [0.2, 0.25) is 0 Å². The van der Waals surface area contributed by atoms with E-state index in [9.17, 15) is 14.7 Å². The maximum atomic E-state index is 11.5. The third kappa shape index (κ3) is 3.90. The molecule has 0 spiro atoms. The van der Waals surface area contributed by atoms with Crippen LogP contribution in [0.15, 0.2) is 30.3 Å². The zero-order valence-corrected chi connectivity index (χ0v) is 14.8. The average Bonchev–Trinajstić information content (AvgIpc) is 2.61. The number of nitrogens with one attached hydrogen (secondary N) is 1. The first-order valence-electron chi connectivity index (χ1n) is 8.39. The fraction of sp³-hybridized carbons (Fsp3) is 0.333. The number of amides is 1. The molecule has 0 unspecified atom stereocenters. The highest BCUT2D eigenvalue weighted by Gasteiger charge is 2.20. The van der Waals surface area contributed by atoms with Gasteiger partial charge in [0.25, 0.3) is 0 Å². The van der Waals surface area contributed by atoms with Gasteiger partial charge in [0.2, 0.25) is 5.91 Å². The van der Waals surface area contributed by atoms with E-state index in [1.165, 1.54) is 0 Å². The number of aromatic carboxylic acids is 1. The normalized spacial score (nSPS) is 14.2. The number of aryl methyl sites for hydroxylation is 1. The molecular weight excluding hydrogens is 334 g/mol. The average molecular weight is 355 g/mol. The van der Waals surface area contributed by atoms with Gasteiger partial charge in [0.1, 0.15) is 17.5 Å². The van der Waals surface area contributed by atoms with Crippen LogP contribution in [0.25, 0.3) is 0 Å². The van der Waals surface area contributed by atoms with Gasteiger partial charge in [-0.05, 0) is 19.1 Å². The Morgan fingerprint density at radius 3 is 2.46 bits per heavy atom. The summed E-state index contributed by atoms with van der Waals surface area (Å²) in [6.45, 7) is 6.07. The summed E-state index contributed by atoms with van der Waals surface area (Å²) >= 11 is 0. The molecule has 0 radical (unpaired) electrons. The molecule has 0 atom stereocenters. The Balaban J connectivity index is 1.81. The molecule has 1 aliphatic heterocycles. The predicted molar refractivity (Wildman–Crippen MR) is 97.9 cm³/mol. The second-order valence-corrected chi connectivity index (χ2v) is 6.13. The fourth-order valence-corrected chi connectivity index (χ4v) is 2.94. The first kappa shape index (κ1) is 17.7. The number of aromatic nitrogens is 2. The van der Waals surface area contributed by atoms with Gasteiger partial charge in [-0.15, -0.1) is 0 Å². The Hall–Kier alpha value is -3.16. The Morgan fingerprint density at radius 2 is 1.81 bits per heavy atom. The van der Waals surface area contributed by atoms with Gasteiger partial charge in [0.15, 0.2) is 0 Å². The molecule has 1 aromatic heterocycles. The van der Waals surface area contributed by atoms with Crippen molar-refractivity contribution in [3.05, 3.63) is 41.7 Å². The lowest BCUT2D eigenvalue weighted by atomic mass is 10.2. The Morgan fingerprint density at radius 1 is 1.12 bits per heavy atom. The minimum Gasteiger partial charge on any atom is -0.478 e. The van der Waals surface area contributed by atoms with Crippen molar-refractivity contribution in [2.75, 3.05) is 36.4 Å². The lowest BCUT2D eigenvalue weighted by Crippen LogP contribution is -2.48. The summed E-state index contributed by atoms with van der Waals surface area (Å²) in [4.78, 5) is 35.6. The van der Waals surface area contributed by atoms with E-state index in [1.54, 1.807) is 44.2 Å². The molecule has 1 saturated heterocycles. The SMILES string of the molecule is CC(=O)N1CCN(c2cc(Nc3ccccc3C(=O)O)nc(C)n2)CC1. The number of nitrogens with zero attached hydrogens (tertiary/aromatic N) is 4. The van der Waals surface area contributed by atoms with Crippen LogP contribution in [-0.4, -0.2) is 58.0 Å². The molecular formula is C18H21N5O3. The number of carbonyl (C=O) groups excluding carboxylic acids is 1. The zero-order chi connectivity index (χ0) is 18.7. The van der Waals surface area contributed by atoms with Crippen molar-refractivity contribution in [3.63, 3.8) is 0 Å². The molecule has 2 aromatic rings. The molecule has 8 heteroatoms. The number of hydrogen-bond acceptors (Lipinski definition) is 6. The van der Waals surface area contributed by atoms with E-state index in [2.05, 4.69) is 20.2 Å². The smallest absolute Gasteiger partial charge is 0.337 e. The maximum Gasteiger partial charge on any atom is 0.337 e. The number of benzene rings is 1. The van der Waals surface area contributed by atoms with Gasteiger partial charge in [-0.3, -0.25) is 4.79 Å². The van der Waals surface area contributed by atoms with Crippen LogP contribution in [0.4, 0.5) is 17.3 Å². The third-order valence-electron chi connectivity index (χ3n) is 4.29. The minimum atomic E-state index is -1.00. The number of piperazine rings is 1. The second kappa shape index (κ2) is 7.38. The Bertz CT molecular complexity index is 831. The van der Waals surface area contributed by atoms with Crippen LogP contribution in [0.3, 0.4) is 0 Å². The molecule has 136 valence electrons. The van der Waals surface area contributed by atoms with Crippen molar-refractivity contribution >= 4 is 29.2 Å². The third-order valence-corrected chi connectivity index (χ3v) is 4.29. The monoisotopic (exact) mass is 355 g/mol. The van der Waals surface area contributed by atoms with Crippen LogP contribution in [0, 0.1) is 6.92 Å². The van der Waals surface area contributed by atoms with Gasteiger partial charge in [-0.1, -0.05) is 12.1 Å². The summed E-state index contributed by atoms with van der Waals surface area (Å²) in [5.41, 5.74) is 0.658. The minimum absolute atomic E-state index is 0.0798. The number of carboxylic acid groups (broad SMARTS) is 1. The summed E-state index contributed by atoms with van der Waals surface area (Å²) in [5, 5.41) is 12.4.